The van der Waals surface area contributed by atoms with E-state index < -0.39 is 0 Å². The van der Waals surface area contributed by atoms with E-state index in [0.29, 0.717) is 12.2 Å². The van der Waals surface area contributed by atoms with Crippen LogP contribution in [0.15, 0.2) is 12.2 Å². The van der Waals surface area contributed by atoms with Crippen LogP contribution in [0.4, 0.5) is 0 Å². The topological polar surface area (TPSA) is 12.5 Å². The van der Waals surface area contributed by atoms with Crippen LogP contribution in [0.1, 0.15) is 39.0 Å². The van der Waals surface area contributed by atoms with Crippen molar-refractivity contribution < 1.29 is 4.74 Å². The third kappa shape index (κ3) is 1.56. The highest BCUT2D eigenvalue weighted by atomic mass is 16.6. The summed E-state index contributed by atoms with van der Waals surface area (Å²) in [5.74, 6) is 0.848. The molecule has 0 N–H and O–H groups in total. The SMILES string of the molecule is C=C(C)[C@H]1O[C@@H]1C1CCCCC1. The van der Waals surface area contributed by atoms with E-state index in [1.165, 1.54) is 37.7 Å². The molecule has 0 aromatic heterocycles. The lowest BCUT2D eigenvalue weighted by Crippen LogP contribution is -2.14. The molecule has 0 amide bonds. The van der Waals surface area contributed by atoms with Crippen LogP contribution in [-0.2, 0) is 4.74 Å². The van der Waals surface area contributed by atoms with Crippen LogP contribution in [0.25, 0.3) is 0 Å². The molecule has 1 heterocycles. The molecule has 1 saturated carbocycles. The predicted octanol–water partition coefficient (Wildman–Crippen LogP) is 2.91. The second kappa shape index (κ2) is 3.21. The molecule has 68 valence electrons. The summed E-state index contributed by atoms with van der Waals surface area (Å²) >= 11 is 0. The van der Waals surface area contributed by atoms with Crippen molar-refractivity contribution in [2.24, 2.45) is 5.92 Å². The Bertz CT molecular complexity index is 179. The van der Waals surface area contributed by atoms with E-state index in [0.717, 1.165) is 5.92 Å². The lowest BCUT2D eigenvalue weighted by atomic mass is 9.85. The molecule has 0 bridgehead atoms. The van der Waals surface area contributed by atoms with Crippen molar-refractivity contribution in [2.75, 3.05) is 0 Å². The van der Waals surface area contributed by atoms with Crippen LogP contribution >= 0.6 is 0 Å². The third-order valence-corrected chi connectivity index (χ3v) is 3.13. The van der Waals surface area contributed by atoms with Crippen molar-refractivity contribution in [3.8, 4) is 0 Å². The van der Waals surface area contributed by atoms with Crippen molar-refractivity contribution in [1.29, 1.82) is 0 Å². The summed E-state index contributed by atoms with van der Waals surface area (Å²) < 4.78 is 5.62. The number of rotatable bonds is 2. The molecule has 1 saturated heterocycles. The van der Waals surface area contributed by atoms with Crippen molar-refractivity contribution in [3.05, 3.63) is 12.2 Å². The quantitative estimate of drug-likeness (QED) is 0.454. The van der Waals surface area contributed by atoms with Crippen LogP contribution < -0.4 is 0 Å². The van der Waals surface area contributed by atoms with Gasteiger partial charge in [0.15, 0.2) is 0 Å². The van der Waals surface area contributed by atoms with Gasteiger partial charge in [-0.1, -0.05) is 25.8 Å². The average molecular weight is 166 g/mol. The van der Waals surface area contributed by atoms with Gasteiger partial charge in [-0.3, -0.25) is 0 Å². The Hall–Kier alpha value is -0.300. The van der Waals surface area contributed by atoms with E-state index in [-0.39, 0.29) is 0 Å². The minimum atomic E-state index is 0.410. The normalized spacial score (nSPS) is 36.4. The van der Waals surface area contributed by atoms with Gasteiger partial charge in [-0.15, -0.1) is 0 Å². The average Bonchev–Trinajstić information content (AvgIpc) is 2.84. The van der Waals surface area contributed by atoms with Gasteiger partial charge in [0.25, 0.3) is 0 Å². The first kappa shape index (κ1) is 8.31. The number of hydrogen-bond donors (Lipinski definition) is 0. The van der Waals surface area contributed by atoms with Crippen molar-refractivity contribution in [1.82, 2.24) is 0 Å². The number of ether oxygens (including phenoxy) is 1. The molecule has 1 aliphatic carbocycles. The maximum Gasteiger partial charge on any atom is 0.105 e. The molecule has 0 unspecified atom stereocenters. The zero-order chi connectivity index (χ0) is 8.55. The van der Waals surface area contributed by atoms with Crippen molar-refractivity contribution in [2.45, 2.75) is 51.2 Å². The Labute approximate surface area is 74.8 Å². The molecule has 2 rings (SSSR count). The second-order valence-electron chi connectivity index (χ2n) is 4.27. The smallest absolute Gasteiger partial charge is 0.105 e. The Morgan fingerprint density at radius 1 is 1.25 bits per heavy atom. The maximum absolute atomic E-state index is 5.62. The zero-order valence-corrected chi connectivity index (χ0v) is 7.88. The van der Waals surface area contributed by atoms with Gasteiger partial charge in [-0.2, -0.15) is 0 Å². The maximum atomic E-state index is 5.62. The van der Waals surface area contributed by atoms with E-state index in [9.17, 15) is 0 Å². The molecular formula is C11H18O. The van der Waals surface area contributed by atoms with Crippen molar-refractivity contribution >= 4 is 0 Å². The molecule has 0 aromatic rings. The standard InChI is InChI=1S/C11H18O/c1-8(2)10-11(12-10)9-6-4-3-5-7-9/h9-11H,1,3-7H2,2H3/t10-,11-/m1/s1. The van der Waals surface area contributed by atoms with E-state index in [2.05, 4.69) is 13.5 Å². The molecule has 0 spiro atoms. The molecule has 1 nitrogen and oxygen atoms in total. The highest BCUT2D eigenvalue weighted by Crippen LogP contribution is 2.40. The summed E-state index contributed by atoms with van der Waals surface area (Å²) in [6.07, 6.45) is 7.97. The third-order valence-electron chi connectivity index (χ3n) is 3.13. The van der Waals surface area contributed by atoms with Crippen molar-refractivity contribution in [3.63, 3.8) is 0 Å². The number of hydrogen-bond acceptors (Lipinski definition) is 1. The largest absolute Gasteiger partial charge is 0.365 e. The minimum Gasteiger partial charge on any atom is -0.365 e. The summed E-state index contributed by atoms with van der Waals surface area (Å²) in [4.78, 5) is 0. The monoisotopic (exact) mass is 166 g/mol. The number of epoxide rings is 1. The van der Waals surface area contributed by atoms with Gasteiger partial charge in [0.2, 0.25) is 0 Å². The molecule has 2 fully saturated rings. The molecule has 1 aliphatic heterocycles. The van der Waals surface area contributed by atoms with E-state index in [1.807, 2.05) is 0 Å². The molecule has 12 heavy (non-hydrogen) atoms. The first-order valence-corrected chi connectivity index (χ1v) is 5.10. The first-order chi connectivity index (χ1) is 5.79. The van der Waals surface area contributed by atoms with E-state index in [1.54, 1.807) is 0 Å². The van der Waals surface area contributed by atoms with Gasteiger partial charge in [-0.25, -0.2) is 0 Å². The molecular weight excluding hydrogens is 148 g/mol. The van der Waals surface area contributed by atoms with Gasteiger partial charge < -0.3 is 4.74 Å². The fourth-order valence-electron chi connectivity index (χ4n) is 2.34. The molecule has 0 aromatic carbocycles. The zero-order valence-electron chi connectivity index (χ0n) is 7.88. The lowest BCUT2D eigenvalue weighted by molar-refractivity contribution is 0.264. The van der Waals surface area contributed by atoms with Gasteiger partial charge in [0, 0.05) is 0 Å². The van der Waals surface area contributed by atoms with Crippen LogP contribution in [0.2, 0.25) is 0 Å². The van der Waals surface area contributed by atoms with Crippen LogP contribution in [0.5, 0.6) is 0 Å². The summed E-state index contributed by atoms with van der Waals surface area (Å²) in [5, 5.41) is 0. The van der Waals surface area contributed by atoms with Gasteiger partial charge in [-0.05, 0) is 31.3 Å². The van der Waals surface area contributed by atoms with E-state index in [4.69, 9.17) is 4.74 Å². The highest BCUT2D eigenvalue weighted by Gasteiger charge is 2.44. The summed E-state index contributed by atoms with van der Waals surface area (Å²) in [6.45, 7) is 6.01. The van der Waals surface area contributed by atoms with Gasteiger partial charge in [0.05, 0.1) is 6.10 Å². The highest BCUT2D eigenvalue weighted by molar-refractivity contribution is 5.11. The Morgan fingerprint density at radius 3 is 2.42 bits per heavy atom. The molecule has 2 aliphatic rings. The molecule has 1 heteroatoms. The fraction of sp³-hybridized carbons (Fsp3) is 0.818. The van der Waals surface area contributed by atoms with Crippen LogP contribution in [0, 0.1) is 5.92 Å². The minimum absolute atomic E-state index is 0.410. The van der Waals surface area contributed by atoms with E-state index >= 15 is 0 Å². The predicted molar refractivity (Wildman–Crippen MR) is 50.1 cm³/mol. The summed E-state index contributed by atoms with van der Waals surface area (Å²) in [6, 6.07) is 0. The van der Waals surface area contributed by atoms with Crippen LogP contribution in [0.3, 0.4) is 0 Å². The lowest BCUT2D eigenvalue weighted by Gasteiger charge is -2.19. The van der Waals surface area contributed by atoms with Gasteiger partial charge in [0.1, 0.15) is 6.10 Å². The van der Waals surface area contributed by atoms with Gasteiger partial charge >= 0.3 is 0 Å². The summed E-state index contributed by atoms with van der Waals surface area (Å²) in [7, 11) is 0. The first-order valence-electron chi connectivity index (χ1n) is 5.10. The molecule has 2 atom stereocenters. The summed E-state index contributed by atoms with van der Waals surface area (Å²) in [5.41, 5.74) is 1.21. The van der Waals surface area contributed by atoms with Crippen LogP contribution in [-0.4, -0.2) is 12.2 Å². The Morgan fingerprint density at radius 2 is 1.92 bits per heavy atom. The molecule has 0 radical (unpaired) electrons. The fourth-order valence-corrected chi connectivity index (χ4v) is 2.34. The second-order valence-corrected chi connectivity index (χ2v) is 4.27. The Kier molecular flexibility index (Phi) is 2.22. The Balaban J connectivity index is 1.83.